The highest BCUT2D eigenvalue weighted by atomic mass is 32.1. The minimum absolute atomic E-state index is 0.0378. The molecule has 1 fully saturated rings. The first-order valence-electron chi connectivity index (χ1n) is 11.1. The minimum atomic E-state index is -0.396. The number of aryl methyl sites for hydroxylation is 2. The van der Waals surface area contributed by atoms with Gasteiger partial charge in [-0.05, 0) is 63.4 Å². The molecular weight excluding hydrogens is 406 g/mol. The number of amides is 1. The van der Waals surface area contributed by atoms with Crippen LogP contribution in [0.25, 0.3) is 10.2 Å². The summed E-state index contributed by atoms with van der Waals surface area (Å²) in [5, 5.41) is 7.41. The molecule has 0 saturated carbocycles. The highest BCUT2D eigenvalue weighted by molar-refractivity contribution is 7.18. The molecule has 1 aliphatic heterocycles. The summed E-state index contributed by atoms with van der Waals surface area (Å²) in [6.45, 7) is 9.85. The molecule has 7 heteroatoms. The number of aromatic nitrogens is 2. The first kappa shape index (κ1) is 21.7. The van der Waals surface area contributed by atoms with Crippen LogP contribution in [0.3, 0.4) is 0 Å². The molecule has 3 aromatic rings. The number of nitrogens with zero attached hydrogens (tertiary/aromatic N) is 3. The normalized spacial score (nSPS) is 15.7. The molecule has 31 heavy (non-hydrogen) atoms. The zero-order chi connectivity index (χ0) is 21.8. The molecule has 0 bridgehead atoms. The summed E-state index contributed by atoms with van der Waals surface area (Å²) in [7, 11) is 0. The second kappa shape index (κ2) is 9.75. The van der Waals surface area contributed by atoms with Crippen molar-refractivity contribution in [1.82, 2.24) is 20.2 Å². The van der Waals surface area contributed by atoms with E-state index in [1.807, 2.05) is 13.0 Å². The summed E-state index contributed by atoms with van der Waals surface area (Å²) in [6, 6.07) is 8.02. The van der Waals surface area contributed by atoms with Gasteiger partial charge < -0.3 is 10.6 Å². The van der Waals surface area contributed by atoms with Gasteiger partial charge in [0.15, 0.2) is 0 Å². The number of hydrogen-bond acceptors (Lipinski definition) is 6. The number of nitrogens with one attached hydrogen (secondary N) is 2. The van der Waals surface area contributed by atoms with Crippen LogP contribution in [-0.4, -0.2) is 39.9 Å². The molecule has 2 aromatic heterocycles. The first-order valence-corrected chi connectivity index (χ1v) is 11.9. The van der Waals surface area contributed by atoms with E-state index >= 15 is 0 Å². The number of likely N-dealkylation sites (tertiary alicyclic amines) is 1. The van der Waals surface area contributed by atoms with Crippen molar-refractivity contribution in [3.63, 3.8) is 0 Å². The number of benzene rings is 1. The van der Waals surface area contributed by atoms with Gasteiger partial charge in [-0.1, -0.05) is 30.7 Å². The van der Waals surface area contributed by atoms with Crippen molar-refractivity contribution in [2.45, 2.75) is 59.2 Å². The Bertz CT molecular complexity index is 1060. The summed E-state index contributed by atoms with van der Waals surface area (Å²) < 4.78 is 0. The summed E-state index contributed by atoms with van der Waals surface area (Å²) in [5.41, 5.74) is 3.65. The molecule has 0 aliphatic carbocycles. The number of thiophene rings is 1. The molecule has 1 amide bonds. The van der Waals surface area contributed by atoms with Crippen molar-refractivity contribution < 1.29 is 4.79 Å². The van der Waals surface area contributed by atoms with Gasteiger partial charge >= 0.3 is 0 Å². The number of rotatable bonds is 7. The lowest BCUT2D eigenvalue weighted by Crippen LogP contribution is -2.37. The Labute approximate surface area is 188 Å². The van der Waals surface area contributed by atoms with E-state index in [9.17, 15) is 4.79 Å². The Kier molecular flexibility index (Phi) is 6.83. The van der Waals surface area contributed by atoms with Crippen molar-refractivity contribution >= 4 is 33.3 Å². The van der Waals surface area contributed by atoms with Gasteiger partial charge in [0.05, 0.1) is 5.39 Å². The van der Waals surface area contributed by atoms with E-state index in [1.165, 1.54) is 40.8 Å². The van der Waals surface area contributed by atoms with Gasteiger partial charge in [0.2, 0.25) is 5.91 Å². The molecule has 4 rings (SSSR count). The van der Waals surface area contributed by atoms with Crippen LogP contribution >= 0.6 is 11.3 Å². The maximum Gasteiger partial charge on any atom is 0.242 e. The van der Waals surface area contributed by atoms with Crippen molar-refractivity contribution in [2.24, 2.45) is 0 Å². The molecule has 164 valence electrons. The van der Waals surface area contributed by atoms with Crippen LogP contribution in [0.15, 0.2) is 30.6 Å². The van der Waals surface area contributed by atoms with Gasteiger partial charge in [0, 0.05) is 18.0 Å². The van der Waals surface area contributed by atoms with Crippen LogP contribution in [0.2, 0.25) is 0 Å². The zero-order valence-electron chi connectivity index (χ0n) is 18.6. The van der Waals surface area contributed by atoms with E-state index in [1.54, 1.807) is 17.7 Å². The quantitative estimate of drug-likeness (QED) is 0.573. The topological polar surface area (TPSA) is 70.1 Å². The Morgan fingerprint density at radius 3 is 2.65 bits per heavy atom. The average molecular weight is 438 g/mol. The van der Waals surface area contributed by atoms with E-state index in [2.05, 4.69) is 57.5 Å². The monoisotopic (exact) mass is 437 g/mol. The van der Waals surface area contributed by atoms with Crippen molar-refractivity contribution in [2.75, 3.05) is 18.4 Å². The fourth-order valence-electron chi connectivity index (χ4n) is 4.14. The molecule has 0 radical (unpaired) electrons. The number of fused-ring (bicyclic) bond motifs is 1. The van der Waals surface area contributed by atoms with Crippen LogP contribution in [-0.2, 0) is 17.9 Å². The molecule has 0 unspecified atom stereocenters. The van der Waals surface area contributed by atoms with Gasteiger partial charge in [-0.2, -0.15) is 0 Å². The van der Waals surface area contributed by atoms with Crippen molar-refractivity contribution in [3.05, 3.63) is 52.2 Å². The van der Waals surface area contributed by atoms with Gasteiger partial charge in [-0.25, -0.2) is 9.97 Å². The predicted molar refractivity (Wildman–Crippen MR) is 127 cm³/mol. The minimum Gasteiger partial charge on any atom is -0.358 e. The van der Waals surface area contributed by atoms with Crippen LogP contribution in [0.4, 0.5) is 5.82 Å². The number of carbonyl (C=O) groups excluding carboxylic acids is 1. The average Bonchev–Trinajstić information content (AvgIpc) is 3.08. The number of carbonyl (C=O) groups is 1. The lowest BCUT2D eigenvalue weighted by atomic mass is 10.0. The van der Waals surface area contributed by atoms with E-state index in [0.29, 0.717) is 6.54 Å². The van der Waals surface area contributed by atoms with Crippen LogP contribution in [0.1, 0.15) is 47.8 Å². The van der Waals surface area contributed by atoms with Crippen LogP contribution < -0.4 is 10.6 Å². The Morgan fingerprint density at radius 2 is 1.87 bits per heavy atom. The maximum atomic E-state index is 12.8. The van der Waals surface area contributed by atoms with E-state index in [-0.39, 0.29) is 5.91 Å². The Balaban J connectivity index is 1.39. The molecule has 0 spiro atoms. The maximum absolute atomic E-state index is 12.8. The fraction of sp³-hybridized carbons (Fsp3) is 0.458. The Hall–Kier alpha value is -2.51. The third kappa shape index (κ3) is 5.05. The lowest BCUT2D eigenvalue weighted by Gasteiger charge is -2.27. The summed E-state index contributed by atoms with van der Waals surface area (Å²) in [5.74, 6) is 0.684. The molecule has 1 atom stereocenters. The molecular formula is C24H31N5OS. The highest BCUT2D eigenvalue weighted by Gasteiger charge is 2.18. The lowest BCUT2D eigenvalue weighted by molar-refractivity contribution is -0.121. The zero-order valence-corrected chi connectivity index (χ0v) is 19.4. The van der Waals surface area contributed by atoms with E-state index in [4.69, 9.17) is 0 Å². The van der Waals surface area contributed by atoms with Crippen molar-refractivity contribution in [3.8, 4) is 0 Å². The van der Waals surface area contributed by atoms with E-state index < -0.39 is 6.04 Å². The van der Waals surface area contributed by atoms with Gasteiger partial charge in [0.1, 0.15) is 23.0 Å². The summed E-state index contributed by atoms with van der Waals surface area (Å²) >= 11 is 1.66. The number of anilines is 1. The van der Waals surface area contributed by atoms with Gasteiger partial charge in [-0.3, -0.25) is 9.69 Å². The third-order valence-electron chi connectivity index (χ3n) is 6.13. The SMILES string of the molecule is Cc1sc2ncnc(N[C@H](C)C(=O)NCc3ccccc3CN3CCCCC3)c2c1C. The second-order valence-electron chi connectivity index (χ2n) is 8.38. The second-order valence-corrected chi connectivity index (χ2v) is 9.58. The van der Waals surface area contributed by atoms with Gasteiger partial charge in [-0.15, -0.1) is 11.3 Å². The van der Waals surface area contributed by atoms with Crippen molar-refractivity contribution in [1.29, 1.82) is 0 Å². The summed E-state index contributed by atoms with van der Waals surface area (Å²) in [6.07, 6.45) is 5.45. The van der Waals surface area contributed by atoms with Gasteiger partial charge in [0.25, 0.3) is 0 Å². The fourth-order valence-corrected chi connectivity index (χ4v) is 5.14. The largest absolute Gasteiger partial charge is 0.358 e. The molecule has 3 heterocycles. The molecule has 6 nitrogen and oxygen atoms in total. The predicted octanol–water partition coefficient (Wildman–Crippen LogP) is 4.41. The third-order valence-corrected chi connectivity index (χ3v) is 7.24. The summed E-state index contributed by atoms with van der Waals surface area (Å²) in [4.78, 5) is 26.3. The highest BCUT2D eigenvalue weighted by Crippen LogP contribution is 2.32. The van der Waals surface area contributed by atoms with E-state index in [0.717, 1.165) is 35.7 Å². The number of hydrogen-bond donors (Lipinski definition) is 2. The van der Waals surface area contributed by atoms with Crippen LogP contribution in [0, 0.1) is 13.8 Å². The Morgan fingerprint density at radius 1 is 1.13 bits per heavy atom. The first-order chi connectivity index (χ1) is 15.0. The van der Waals surface area contributed by atoms with Crippen LogP contribution in [0.5, 0.6) is 0 Å². The molecule has 1 aliphatic rings. The standard InChI is InChI=1S/C24H31N5OS/c1-16-18(3)31-24-21(16)22(26-15-27-24)28-17(2)23(30)25-13-19-9-5-6-10-20(19)14-29-11-7-4-8-12-29/h5-6,9-10,15,17H,4,7-8,11-14H2,1-3H3,(H,25,30)(H,26,27,28)/t17-/m1/s1. The number of piperidine rings is 1. The molecule has 2 N–H and O–H groups in total. The smallest absolute Gasteiger partial charge is 0.242 e. The molecule has 1 aromatic carbocycles. The molecule has 1 saturated heterocycles.